The molecule has 0 aromatic heterocycles. The predicted octanol–water partition coefficient (Wildman–Crippen LogP) is 0.511. The van der Waals surface area contributed by atoms with Gasteiger partial charge in [0.1, 0.15) is 0 Å². The third-order valence-corrected chi connectivity index (χ3v) is 2.90. The molecule has 0 aliphatic heterocycles. The van der Waals surface area contributed by atoms with Crippen molar-refractivity contribution in [3.05, 3.63) is 0 Å². The maximum Gasteiger partial charge on any atom is 0.317 e. The average Bonchev–Trinajstić information content (AvgIpc) is 2.38. The molecule has 0 bridgehead atoms. The summed E-state index contributed by atoms with van der Waals surface area (Å²) in [6.45, 7) is 4.25. The Bertz CT molecular complexity index is 345. The van der Waals surface area contributed by atoms with Gasteiger partial charge in [0.15, 0.2) is 0 Å². The zero-order valence-electron chi connectivity index (χ0n) is 12.6. The number of nitrogens with zero attached hydrogens (tertiary/aromatic N) is 1. The van der Waals surface area contributed by atoms with E-state index in [9.17, 15) is 14.4 Å². The fraction of sp³-hybridized carbons (Fsp3) is 0.769. The molecule has 3 N–H and O–H groups in total. The van der Waals surface area contributed by atoms with Crippen molar-refractivity contribution >= 4 is 17.9 Å². The Hall–Kier alpha value is -1.79. The van der Waals surface area contributed by atoms with E-state index in [-0.39, 0.29) is 37.4 Å². The first kappa shape index (κ1) is 18.2. The molecule has 0 spiro atoms. The van der Waals surface area contributed by atoms with Gasteiger partial charge in [0, 0.05) is 33.6 Å². The molecule has 0 aromatic rings. The van der Waals surface area contributed by atoms with Gasteiger partial charge in [-0.05, 0) is 12.3 Å². The molecule has 7 heteroatoms. The summed E-state index contributed by atoms with van der Waals surface area (Å²) in [4.78, 5) is 35.2. The highest BCUT2D eigenvalue weighted by molar-refractivity contribution is 5.78. The molecule has 7 nitrogen and oxygen atoms in total. The normalized spacial score (nSPS) is 11.8. The van der Waals surface area contributed by atoms with E-state index in [1.54, 1.807) is 7.05 Å². The lowest BCUT2D eigenvalue weighted by atomic mass is 9.97. The van der Waals surface area contributed by atoms with E-state index in [1.165, 1.54) is 11.9 Å². The zero-order valence-corrected chi connectivity index (χ0v) is 12.6. The van der Waals surface area contributed by atoms with Crippen molar-refractivity contribution in [3.63, 3.8) is 0 Å². The molecule has 116 valence electrons. The minimum absolute atomic E-state index is 0.0939. The summed E-state index contributed by atoms with van der Waals surface area (Å²) in [7, 11) is 3.10. The lowest BCUT2D eigenvalue weighted by molar-refractivity contribution is -0.142. The summed E-state index contributed by atoms with van der Waals surface area (Å²) >= 11 is 0. The minimum Gasteiger partial charge on any atom is -0.481 e. The highest BCUT2D eigenvalue weighted by Crippen LogP contribution is 2.11. The number of carboxylic acids is 1. The van der Waals surface area contributed by atoms with Crippen molar-refractivity contribution in [2.24, 2.45) is 11.8 Å². The van der Waals surface area contributed by atoms with Gasteiger partial charge in [-0.2, -0.15) is 0 Å². The first-order valence-electron chi connectivity index (χ1n) is 6.70. The third-order valence-electron chi connectivity index (χ3n) is 2.90. The average molecular weight is 287 g/mol. The number of carbonyl (C=O) groups is 3. The van der Waals surface area contributed by atoms with E-state index >= 15 is 0 Å². The Morgan fingerprint density at radius 2 is 1.85 bits per heavy atom. The van der Waals surface area contributed by atoms with E-state index in [4.69, 9.17) is 5.11 Å². The molecule has 0 aromatic carbocycles. The third kappa shape index (κ3) is 7.60. The molecule has 0 aliphatic carbocycles. The van der Waals surface area contributed by atoms with Crippen molar-refractivity contribution in [1.82, 2.24) is 15.5 Å². The van der Waals surface area contributed by atoms with Gasteiger partial charge in [-0.25, -0.2) is 4.79 Å². The van der Waals surface area contributed by atoms with Gasteiger partial charge in [0.25, 0.3) is 0 Å². The smallest absolute Gasteiger partial charge is 0.317 e. The van der Waals surface area contributed by atoms with Crippen LogP contribution >= 0.6 is 0 Å². The van der Waals surface area contributed by atoms with Crippen LogP contribution in [0.5, 0.6) is 0 Å². The minimum atomic E-state index is -0.910. The van der Waals surface area contributed by atoms with E-state index in [2.05, 4.69) is 10.6 Å². The van der Waals surface area contributed by atoms with Crippen LogP contribution in [0.3, 0.4) is 0 Å². The predicted molar refractivity (Wildman–Crippen MR) is 75.3 cm³/mol. The van der Waals surface area contributed by atoms with Crippen LogP contribution in [-0.2, 0) is 9.59 Å². The van der Waals surface area contributed by atoms with Crippen LogP contribution in [0.25, 0.3) is 0 Å². The number of amides is 3. The van der Waals surface area contributed by atoms with Crippen molar-refractivity contribution in [1.29, 1.82) is 0 Å². The number of urea groups is 1. The number of aliphatic carboxylic acids is 1. The Morgan fingerprint density at radius 1 is 1.25 bits per heavy atom. The number of carboxylic acid groups (broad SMARTS) is 1. The molecule has 0 radical (unpaired) electrons. The number of hydrogen-bond donors (Lipinski definition) is 3. The summed E-state index contributed by atoms with van der Waals surface area (Å²) in [5.74, 6) is -1.40. The molecule has 0 heterocycles. The number of rotatable bonds is 8. The highest BCUT2D eigenvalue weighted by Gasteiger charge is 2.20. The fourth-order valence-electron chi connectivity index (χ4n) is 1.68. The second-order valence-corrected chi connectivity index (χ2v) is 5.20. The molecule has 1 atom stereocenters. The molecule has 0 aliphatic rings. The van der Waals surface area contributed by atoms with Crippen LogP contribution in [0, 0.1) is 11.8 Å². The highest BCUT2D eigenvalue weighted by atomic mass is 16.4. The topological polar surface area (TPSA) is 98.7 Å². The van der Waals surface area contributed by atoms with Gasteiger partial charge in [-0.1, -0.05) is 13.8 Å². The van der Waals surface area contributed by atoms with Gasteiger partial charge in [-0.3, -0.25) is 9.59 Å². The SMILES string of the molecule is CNC(=O)CCN(C)C(=O)NCC(CC(C)C)C(=O)O. The standard InChI is InChI=1S/C13H25N3O4/c1-9(2)7-10(12(18)19)8-15-13(20)16(4)6-5-11(17)14-3/h9-10H,5-8H2,1-4H3,(H,14,17)(H,15,20)(H,18,19). The lowest BCUT2D eigenvalue weighted by Gasteiger charge is -2.20. The first-order chi connectivity index (χ1) is 9.27. The molecule has 3 amide bonds. The summed E-state index contributed by atoms with van der Waals surface area (Å²) in [5.41, 5.74) is 0. The van der Waals surface area contributed by atoms with Crippen LogP contribution in [0.15, 0.2) is 0 Å². The zero-order chi connectivity index (χ0) is 15.7. The fourth-order valence-corrected chi connectivity index (χ4v) is 1.68. The van der Waals surface area contributed by atoms with Crippen molar-refractivity contribution in [2.45, 2.75) is 26.7 Å². The molecular weight excluding hydrogens is 262 g/mol. The van der Waals surface area contributed by atoms with Crippen LogP contribution in [0.4, 0.5) is 4.79 Å². The van der Waals surface area contributed by atoms with Gasteiger partial charge < -0.3 is 20.6 Å². The van der Waals surface area contributed by atoms with Crippen molar-refractivity contribution in [2.75, 3.05) is 27.2 Å². The van der Waals surface area contributed by atoms with Crippen molar-refractivity contribution in [3.8, 4) is 0 Å². The van der Waals surface area contributed by atoms with Crippen LogP contribution in [0.2, 0.25) is 0 Å². The first-order valence-corrected chi connectivity index (χ1v) is 6.70. The summed E-state index contributed by atoms with van der Waals surface area (Å²) in [5, 5.41) is 14.1. The molecular formula is C13H25N3O4. The van der Waals surface area contributed by atoms with E-state index < -0.39 is 11.9 Å². The summed E-state index contributed by atoms with van der Waals surface area (Å²) < 4.78 is 0. The monoisotopic (exact) mass is 287 g/mol. The molecule has 0 rings (SSSR count). The van der Waals surface area contributed by atoms with E-state index in [1.807, 2.05) is 13.8 Å². The maximum absolute atomic E-state index is 11.7. The Kier molecular flexibility index (Phi) is 8.35. The Morgan fingerprint density at radius 3 is 2.30 bits per heavy atom. The molecule has 0 saturated heterocycles. The number of nitrogens with one attached hydrogen (secondary N) is 2. The van der Waals surface area contributed by atoms with Gasteiger partial charge in [0.05, 0.1) is 5.92 Å². The summed E-state index contributed by atoms with van der Waals surface area (Å²) in [6.07, 6.45) is 0.729. The number of hydrogen-bond acceptors (Lipinski definition) is 3. The van der Waals surface area contributed by atoms with Crippen LogP contribution in [-0.4, -0.2) is 55.1 Å². The Labute approximate surface area is 119 Å². The van der Waals surface area contributed by atoms with Gasteiger partial charge in [0.2, 0.25) is 5.91 Å². The van der Waals surface area contributed by atoms with E-state index in [0.29, 0.717) is 6.42 Å². The molecule has 1 unspecified atom stereocenters. The van der Waals surface area contributed by atoms with Gasteiger partial charge >= 0.3 is 12.0 Å². The quantitative estimate of drug-likeness (QED) is 0.605. The van der Waals surface area contributed by atoms with Crippen LogP contribution < -0.4 is 10.6 Å². The lowest BCUT2D eigenvalue weighted by Crippen LogP contribution is -2.42. The van der Waals surface area contributed by atoms with Gasteiger partial charge in [-0.15, -0.1) is 0 Å². The molecule has 0 saturated carbocycles. The largest absolute Gasteiger partial charge is 0.481 e. The second-order valence-electron chi connectivity index (χ2n) is 5.20. The molecule has 0 fully saturated rings. The molecule has 20 heavy (non-hydrogen) atoms. The summed E-state index contributed by atoms with van der Waals surface area (Å²) in [6, 6.07) is -0.371. The number of carbonyl (C=O) groups excluding carboxylic acids is 2. The second kappa shape index (κ2) is 9.17. The van der Waals surface area contributed by atoms with Crippen molar-refractivity contribution < 1.29 is 19.5 Å². The van der Waals surface area contributed by atoms with Crippen LogP contribution in [0.1, 0.15) is 26.7 Å². The Balaban J connectivity index is 4.17. The van der Waals surface area contributed by atoms with E-state index in [0.717, 1.165) is 0 Å². The maximum atomic E-state index is 11.7.